The van der Waals surface area contributed by atoms with E-state index in [-0.39, 0.29) is 6.61 Å². The molecule has 10 heteroatoms. The van der Waals surface area contributed by atoms with Crippen molar-refractivity contribution in [2.45, 2.75) is 31.1 Å². The van der Waals surface area contributed by atoms with Crippen LogP contribution in [0.5, 0.6) is 0 Å². The first-order valence-corrected chi connectivity index (χ1v) is 11.2. The van der Waals surface area contributed by atoms with E-state index in [9.17, 15) is 15.3 Å². The molecule has 0 amide bonds. The molecule has 1 aliphatic heterocycles. The minimum atomic E-state index is -1.02. The average molecular weight is 448 g/mol. The van der Waals surface area contributed by atoms with Gasteiger partial charge in [-0.15, -0.1) is 11.3 Å². The number of fused-ring (bicyclic) bond motifs is 1. The van der Waals surface area contributed by atoms with Crippen LogP contribution in [0.3, 0.4) is 0 Å². The molecule has 4 atom stereocenters. The van der Waals surface area contributed by atoms with Crippen LogP contribution in [0.2, 0.25) is 5.15 Å². The third kappa shape index (κ3) is 3.40. The predicted octanol–water partition coefficient (Wildman–Crippen LogP) is 2.13. The largest absolute Gasteiger partial charge is 0.396 e. The number of hydrogen-bond donors (Lipinski definition) is 4. The van der Waals surface area contributed by atoms with E-state index in [1.54, 1.807) is 0 Å². The first-order chi connectivity index (χ1) is 14.5. The van der Waals surface area contributed by atoms with E-state index in [0.717, 1.165) is 29.7 Å². The molecule has 3 heterocycles. The summed E-state index contributed by atoms with van der Waals surface area (Å²) in [6.45, 7) is 1.55. The highest BCUT2D eigenvalue weighted by Gasteiger charge is 2.41. The van der Waals surface area contributed by atoms with Crippen molar-refractivity contribution < 1.29 is 15.3 Å². The lowest BCUT2D eigenvalue weighted by molar-refractivity contribution is 0.00446. The van der Waals surface area contributed by atoms with Crippen LogP contribution in [0, 0.1) is 5.92 Å². The maximum atomic E-state index is 10.5. The van der Waals surface area contributed by atoms with Crippen LogP contribution in [0.25, 0.3) is 20.8 Å². The zero-order valence-electron chi connectivity index (χ0n) is 16.1. The summed E-state index contributed by atoms with van der Waals surface area (Å²) < 4.78 is 1.03. The lowest BCUT2D eigenvalue weighted by atomic mass is 10.1. The van der Waals surface area contributed by atoms with Gasteiger partial charge in [0.05, 0.1) is 27.9 Å². The van der Waals surface area contributed by atoms with Gasteiger partial charge in [-0.05, 0) is 25.0 Å². The minimum Gasteiger partial charge on any atom is -0.396 e. The number of benzene rings is 1. The van der Waals surface area contributed by atoms with Crippen molar-refractivity contribution in [3.05, 3.63) is 29.4 Å². The van der Waals surface area contributed by atoms with Crippen LogP contribution in [0.15, 0.2) is 24.3 Å². The summed E-state index contributed by atoms with van der Waals surface area (Å²) in [4.78, 5) is 15.9. The normalized spacial score (nSPS) is 26.2. The standard InChI is InChI=1S/C20H22ClN5O3S/c21-17-14(19-23-11-4-1-2-5-13(11)30-19)18(25-20(24-17)26-6-3-7-26)22-12-8-10(9-27)15(28)16(12)29/h1-2,4-5,10,12,15-16,27-29H,3,6-9H2,(H,22,24,25)/t10-,12-,15-,16+/m1/s1. The maximum absolute atomic E-state index is 10.5. The molecule has 30 heavy (non-hydrogen) atoms. The summed E-state index contributed by atoms with van der Waals surface area (Å²) in [5, 5.41) is 34.4. The molecule has 8 nitrogen and oxygen atoms in total. The number of anilines is 2. The molecule has 0 spiro atoms. The lowest BCUT2D eigenvalue weighted by Gasteiger charge is -2.31. The van der Waals surface area contributed by atoms with Gasteiger partial charge in [-0.1, -0.05) is 23.7 Å². The van der Waals surface area contributed by atoms with Crippen molar-refractivity contribution in [3.8, 4) is 10.6 Å². The van der Waals surface area contributed by atoms with Gasteiger partial charge in [-0.3, -0.25) is 0 Å². The first-order valence-electron chi connectivity index (χ1n) is 9.97. The molecule has 3 aromatic rings. The van der Waals surface area contributed by atoms with Gasteiger partial charge in [0, 0.05) is 25.6 Å². The van der Waals surface area contributed by atoms with E-state index in [1.807, 2.05) is 29.2 Å². The summed E-state index contributed by atoms with van der Waals surface area (Å²) in [6.07, 6.45) is -0.523. The number of nitrogens with zero attached hydrogens (tertiary/aromatic N) is 4. The lowest BCUT2D eigenvalue weighted by Crippen LogP contribution is -2.39. The number of para-hydroxylation sites is 1. The van der Waals surface area contributed by atoms with E-state index in [4.69, 9.17) is 21.6 Å². The highest BCUT2D eigenvalue weighted by molar-refractivity contribution is 7.21. The first kappa shape index (κ1) is 19.9. The van der Waals surface area contributed by atoms with E-state index in [2.05, 4.69) is 10.3 Å². The Morgan fingerprint density at radius 3 is 2.60 bits per heavy atom. The summed E-state index contributed by atoms with van der Waals surface area (Å²) in [6, 6.07) is 7.35. The van der Waals surface area contributed by atoms with Gasteiger partial charge in [0.1, 0.15) is 22.1 Å². The fourth-order valence-corrected chi connectivity index (χ4v) is 5.30. The molecule has 4 N–H and O–H groups in total. The SMILES string of the molecule is OC[C@H]1C[C@@H](Nc2nc(N3CCC3)nc(Cl)c2-c2nc3ccccc3s2)[C@H](O)[C@@H]1O. The van der Waals surface area contributed by atoms with Crippen LogP contribution >= 0.6 is 22.9 Å². The summed E-state index contributed by atoms with van der Waals surface area (Å²) in [7, 11) is 0. The van der Waals surface area contributed by atoms with Crippen molar-refractivity contribution in [1.82, 2.24) is 15.0 Å². The topological polar surface area (TPSA) is 115 Å². The highest BCUT2D eigenvalue weighted by Crippen LogP contribution is 2.40. The third-order valence-corrected chi connectivity index (χ3v) is 7.19. The number of thiazole rings is 1. The second kappa shape index (κ2) is 7.90. The van der Waals surface area contributed by atoms with Crippen LogP contribution < -0.4 is 10.2 Å². The van der Waals surface area contributed by atoms with Crippen molar-refractivity contribution >= 4 is 44.9 Å². The fraction of sp³-hybridized carbons (Fsp3) is 0.450. The second-order valence-electron chi connectivity index (χ2n) is 7.78. The Kier molecular flexibility index (Phi) is 5.24. The van der Waals surface area contributed by atoms with E-state index >= 15 is 0 Å². The molecule has 2 aromatic heterocycles. The molecule has 2 aliphatic rings. The predicted molar refractivity (Wildman–Crippen MR) is 117 cm³/mol. The van der Waals surface area contributed by atoms with E-state index in [0.29, 0.717) is 33.9 Å². The molecule has 5 rings (SSSR count). The molecule has 158 valence electrons. The number of rotatable bonds is 5. The fourth-order valence-electron chi connectivity index (χ4n) is 3.98. The van der Waals surface area contributed by atoms with Crippen LogP contribution in [0.1, 0.15) is 12.8 Å². The van der Waals surface area contributed by atoms with Crippen molar-refractivity contribution in [2.24, 2.45) is 5.92 Å². The highest BCUT2D eigenvalue weighted by atomic mass is 35.5. The Bertz CT molecular complexity index is 1040. The maximum Gasteiger partial charge on any atom is 0.228 e. The van der Waals surface area contributed by atoms with Gasteiger partial charge in [0.15, 0.2) is 0 Å². The Morgan fingerprint density at radius 1 is 1.13 bits per heavy atom. The van der Waals surface area contributed by atoms with Crippen molar-refractivity contribution in [1.29, 1.82) is 0 Å². The number of hydrogen-bond acceptors (Lipinski definition) is 9. The minimum absolute atomic E-state index is 0.190. The molecule has 2 fully saturated rings. The summed E-state index contributed by atoms with van der Waals surface area (Å²) >= 11 is 8.12. The van der Waals surface area contributed by atoms with Crippen LogP contribution in [0.4, 0.5) is 11.8 Å². The zero-order chi connectivity index (χ0) is 20.8. The summed E-state index contributed by atoms with van der Waals surface area (Å²) in [5.41, 5.74) is 1.44. The number of halogens is 1. The smallest absolute Gasteiger partial charge is 0.228 e. The quantitative estimate of drug-likeness (QED) is 0.440. The van der Waals surface area contributed by atoms with Gasteiger partial charge in [0.2, 0.25) is 5.95 Å². The molecule has 1 saturated heterocycles. The Hall–Kier alpha value is -2.04. The number of nitrogens with one attached hydrogen (secondary N) is 1. The zero-order valence-corrected chi connectivity index (χ0v) is 17.6. The molecular weight excluding hydrogens is 426 g/mol. The monoisotopic (exact) mass is 447 g/mol. The van der Waals surface area contributed by atoms with Gasteiger partial charge in [-0.2, -0.15) is 4.98 Å². The van der Waals surface area contributed by atoms with Gasteiger partial charge in [-0.25, -0.2) is 9.97 Å². The molecule has 0 unspecified atom stereocenters. The number of aliphatic hydroxyl groups is 3. The van der Waals surface area contributed by atoms with Gasteiger partial charge < -0.3 is 25.5 Å². The second-order valence-corrected chi connectivity index (χ2v) is 9.16. The van der Waals surface area contributed by atoms with Crippen LogP contribution in [-0.4, -0.2) is 68.2 Å². The van der Waals surface area contributed by atoms with Crippen molar-refractivity contribution in [2.75, 3.05) is 29.9 Å². The molecule has 0 bridgehead atoms. The molecular formula is C20H22ClN5O3S. The molecule has 1 aromatic carbocycles. The Labute approximate surface area is 182 Å². The van der Waals surface area contributed by atoms with E-state index in [1.165, 1.54) is 11.3 Å². The average Bonchev–Trinajstić information content (AvgIpc) is 3.22. The third-order valence-electron chi connectivity index (χ3n) is 5.86. The Balaban J connectivity index is 1.57. The van der Waals surface area contributed by atoms with Crippen molar-refractivity contribution in [3.63, 3.8) is 0 Å². The summed E-state index contributed by atoms with van der Waals surface area (Å²) in [5.74, 6) is 0.617. The molecule has 0 radical (unpaired) electrons. The van der Waals surface area contributed by atoms with E-state index < -0.39 is 24.2 Å². The Morgan fingerprint density at radius 2 is 1.93 bits per heavy atom. The number of aromatic nitrogens is 3. The van der Waals surface area contributed by atoms with Gasteiger partial charge in [0.25, 0.3) is 0 Å². The van der Waals surface area contributed by atoms with Crippen LogP contribution in [-0.2, 0) is 0 Å². The van der Waals surface area contributed by atoms with Gasteiger partial charge >= 0.3 is 0 Å². The molecule has 1 aliphatic carbocycles. The number of aliphatic hydroxyl groups excluding tert-OH is 3. The molecule has 1 saturated carbocycles.